The third kappa shape index (κ3) is 9.92. The van der Waals surface area contributed by atoms with E-state index in [1.807, 2.05) is 33.8 Å². The first-order valence-electron chi connectivity index (χ1n) is 8.14. The lowest BCUT2D eigenvalue weighted by Crippen LogP contribution is -2.34. The normalized spacial score (nSPS) is 14.3. The van der Waals surface area contributed by atoms with Gasteiger partial charge in [-0.3, -0.25) is 4.79 Å². The first kappa shape index (κ1) is 21.4. The second kappa shape index (κ2) is 11.9. The van der Waals surface area contributed by atoms with Crippen LogP contribution in [0.2, 0.25) is 0 Å². The van der Waals surface area contributed by atoms with Gasteiger partial charge in [-0.1, -0.05) is 32.9 Å². The fourth-order valence-corrected chi connectivity index (χ4v) is 1.69. The van der Waals surface area contributed by atoms with E-state index in [4.69, 9.17) is 4.74 Å². The number of hydrogen-bond acceptors (Lipinski definition) is 4. The lowest BCUT2D eigenvalue weighted by molar-refractivity contribution is -0.120. The van der Waals surface area contributed by atoms with Crippen LogP contribution in [0.1, 0.15) is 47.5 Å². The molecule has 0 bridgehead atoms. The van der Waals surface area contributed by atoms with Crippen molar-refractivity contribution in [2.75, 3.05) is 13.2 Å². The molecule has 1 unspecified atom stereocenters. The molecule has 0 aromatic carbocycles. The van der Waals surface area contributed by atoms with Crippen molar-refractivity contribution < 1.29 is 14.6 Å². The van der Waals surface area contributed by atoms with E-state index in [2.05, 4.69) is 17.2 Å². The van der Waals surface area contributed by atoms with Crippen molar-refractivity contribution in [3.8, 4) is 0 Å². The van der Waals surface area contributed by atoms with E-state index in [1.54, 1.807) is 13.0 Å². The lowest BCUT2D eigenvalue weighted by Gasteiger charge is -2.18. The number of aliphatic hydroxyl groups is 1. The molecular formula is C18H32N2O3. The van der Waals surface area contributed by atoms with Gasteiger partial charge in [-0.05, 0) is 20.3 Å². The van der Waals surface area contributed by atoms with Crippen molar-refractivity contribution in [1.82, 2.24) is 10.6 Å². The van der Waals surface area contributed by atoms with E-state index in [0.717, 1.165) is 11.3 Å². The van der Waals surface area contributed by atoms with E-state index in [0.29, 0.717) is 31.2 Å². The minimum Gasteiger partial charge on any atom is -0.495 e. The summed E-state index contributed by atoms with van der Waals surface area (Å²) < 4.78 is 5.65. The molecular weight excluding hydrogens is 292 g/mol. The predicted molar refractivity (Wildman–Crippen MR) is 94.8 cm³/mol. The number of hydrogen-bond donors (Lipinski definition) is 3. The molecule has 0 saturated carbocycles. The van der Waals surface area contributed by atoms with Crippen molar-refractivity contribution in [3.05, 3.63) is 35.8 Å². The maximum absolute atomic E-state index is 11.6. The Balaban J connectivity index is 4.78. The highest BCUT2D eigenvalue weighted by molar-refractivity contribution is 5.78. The van der Waals surface area contributed by atoms with Crippen LogP contribution in [0, 0.1) is 0 Å². The number of carbonyl (C=O) groups excluding carboxylic acids is 1. The molecule has 23 heavy (non-hydrogen) atoms. The van der Waals surface area contributed by atoms with Crippen molar-refractivity contribution >= 4 is 5.91 Å². The summed E-state index contributed by atoms with van der Waals surface area (Å²) in [7, 11) is 0. The molecule has 5 heteroatoms. The van der Waals surface area contributed by atoms with Gasteiger partial charge in [0.2, 0.25) is 5.91 Å². The number of amides is 1. The summed E-state index contributed by atoms with van der Waals surface area (Å²) in [4.78, 5) is 11.6. The van der Waals surface area contributed by atoms with Gasteiger partial charge < -0.3 is 20.5 Å². The van der Waals surface area contributed by atoms with Crippen LogP contribution in [0.3, 0.4) is 0 Å². The average Bonchev–Trinajstić information content (AvgIpc) is 2.53. The van der Waals surface area contributed by atoms with Crippen LogP contribution in [-0.4, -0.2) is 36.3 Å². The summed E-state index contributed by atoms with van der Waals surface area (Å²) >= 11 is 0. The zero-order chi connectivity index (χ0) is 17.8. The van der Waals surface area contributed by atoms with E-state index in [9.17, 15) is 9.90 Å². The Morgan fingerprint density at radius 2 is 2.00 bits per heavy atom. The van der Waals surface area contributed by atoms with Gasteiger partial charge in [-0.15, -0.1) is 6.58 Å². The number of carbonyl (C=O) groups is 1. The SMILES string of the molecule is C=CCC=C(NC(=O)CC)/C(C)=C(\C)OCC(O)CNC(C)C. The van der Waals surface area contributed by atoms with Crippen LogP contribution < -0.4 is 10.6 Å². The van der Waals surface area contributed by atoms with Crippen molar-refractivity contribution in [3.63, 3.8) is 0 Å². The molecule has 132 valence electrons. The summed E-state index contributed by atoms with van der Waals surface area (Å²) in [5.74, 6) is 0.633. The van der Waals surface area contributed by atoms with Crippen molar-refractivity contribution in [2.24, 2.45) is 0 Å². The number of allylic oxidation sites excluding steroid dienone is 4. The van der Waals surface area contributed by atoms with E-state index >= 15 is 0 Å². The highest BCUT2D eigenvalue weighted by Gasteiger charge is 2.10. The Kier molecular flexibility index (Phi) is 11.1. The van der Waals surface area contributed by atoms with Crippen LogP contribution in [0.15, 0.2) is 35.8 Å². The number of nitrogens with one attached hydrogen (secondary N) is 2. The van der Waals surface area contributed by atoms with Gasteiger partial charge >= 0.3 is 0 Å². The number of aliphatic hydroxyl groups excluding tert-OH is 1. The lowest BCUT2D eigenvalue weighted by atomic mass is 10.1. The molecule has 0 saturated heterocycles. The highest BCUT2D eigenvalue weighted by atomic mass is 16.5. The smallest absolute Gasteiger partial charge is 0.224 e. The largest absolute Gasteiger partial charge is 0.495 e. The zero-order valence-electron chi connectivity index (χ0n) is 15.1. The molecule has 0 aliphatic heterocycles. The zero-order valence-corrected chi connectivity index (χ0v) is 15.1. The summed E-state index contributed by atoms with van der Waals surface area (Å²) in [6, 6.07) is 0.320. The fraction of sp³-hybridized carbons (Fsp3) is 0.611. The van der Waals surface area contributed by atoms with Crippen LogP contribution in [0.25, 0.3) is 0 Å². The highest BCUT2D eigenvalue weighted by Crippen LogP contribution is 2.14. The molecule has 1 atom stereocenters. The first-order chi connectivity index (χ1) is 10.8. The standard InChI is InChI=1S/C18H32N2O3/c1-7-9-10-17(20-18(22)8-2)14(5)15(6)23-12-16(21)11-19-13(3)4/h7,10,13,16,19,21H,1,8-9,11-12H2,2-6H3,(H,20,22)/b15-14+,17-10?. The second-order valence-electron chi connectivity index (χ2n) is 5.75. The van der Waals surface area contributed by atoms with E-state index in [1.165, 1.54) is 0 Å². The Bertz CT molecular complexity index is 440. The Morgan fingerprint density at radius 1 is 1.35 bits per heavy atom. The molecule has 0 aliphatic rings. The predicted octanol–water partition coefficient (Wildman–Crippen LogP) is 2.64. The maximum Gasteiger partial charge on any atom is 0.224 e. The molecule has 0 radical (unpaired) electrons. The molecule has 0 fully saturated rings. The number of ether oxygens (including phenoxy) is 1. The molecule has 5 nitrogen and oxygen atoms in total. The van der Waals surface area contributed by atoms with Gasteiger partial charge in [0.05, 0.1) is 5.76 Å². The van der Waals surface area contributed by atoms with Gasteiger partial charge in [0.1, 0.15) is 12.7 Å². The summed E-state index contributed by atoms with van der Waals surface area (Å²) in [5, 5.41) is 15.9. The summed E-state index contributed by atoms with van der Waals surface area (Å²) in [6.07, 6.45) is 4.16. The van der Waals surface area contributed by atoms with Crippen LogP contribution >= 0.6 is 0 Å². The van der Waals surface area contributed by atoms with Crippen molar-refractivity contribution in [1.29, 1.82) is 0 Å². The van der Waals surface area contributed by atoms with Crippen LogP contribution in [0.5, 0.6) is 0 Å². The Hall–Kier alpha value is -1.59. The van der Waals surface area contributed by atoms with Gasteiger partial charge in [-0.25, -0.2) is 0 Å². The third-order valence-corrected chi connectivity index (χ3v) is 3.27. The van der Waals surface area contributed by atoms with Gasteiger partial charge in [-0.2, -0.15) is 0 Å². The average molecular weight is 324 g/mol. The minimum atomic E-state index is -0.578. The van der Waals surface area contributed by atoms with E-state index in [-0.39, 0.29) is 12.5 Å². The number of rotatable bonds is 11. The molecule has 0 heterocycles. The molecule has 0 rings (SSSR count). The molecule has 0 aromatic heterocycles. The second-order valence-corrected chi connectivity index (χ2v) is 5.75. The molecule has 0 aromatic rings. The maximum atomic E-state index is 11.6. The Labute approximate surface area is 140 Å². The topological polar surface area (TPSA) is 70.6 Å². The van der Waals surface area contributed by atoms with E-state index < -0.39 is 6.10 Å². The summed E-state index contributed by atoms with van der Waals surface area (Å²) in [5.41, 5.74) is 1.57. The Morgan fingerprint density at radius 3 is 2.52 bits per heavy atom. The fourth-order valence-electron chi connectivity index (χ4n) is 1.69. The monoisotopic (exact) mass is 324 g/mol. The third-order valence-electron chi connectivity index (χ3n) is 3.27. The van der Waals surface area contributed by atoms with Gasteiger partial charge in [0.25, 0.3) is 0 Å². The molecule has 3 N–H and O–H groups in total. The quantitative estimate of drug-likeness (QED) is 0.310. The molecule has 0 spiro atoms. The minimum absolute atomic E-state index is 0.0476. The molecule has 0 aliphatic carbocycles. The van der Waals surface area contributed by atoms with Crippen molar-refractivity contribution in [2.45, 2.75) is 59.6 Å². The van der Waals surface area contributed by atoms with Gasteiger partial charge in [0.15, 0.2) is 0 Å². The molecule has 1 amide bonds. The van der Waals surface area contributed by atoms with Crippen LogP contribution in [0.4, 0.5) is 0 Å². The first-order valence-corrected chi connectivity index (χ1v) is 8.14. The van der Waals surface area contributed by atoms with Crippen LogP contribution in [-0.2, 0) is 9.53 Å². The summed E-state index contributed by atoms with van der Waals surface area (Å²) in [6.45, 7) is 13.9. The van der Waals surface area contributed by atoms with Gasteiger partial charge in [0, 0.05) is 30.3 Å².